The molecule has 6 heteroatoms. The smallest absolute Gasteiger partial charge is 0.234 e. The van der Waals surface area contributed by atoms with Crippen LogP contribution in [0.4, 0.5) is 0 Å². The summed E-state index contributed by atoms with van der Waals surface area (Å²) < 4.78 is 5.77. The van der Waals surface area contributed by atoms with Gasteiger partial charge in [-0.2, -0.15) is 15.1 Å². The monoisotopic (exact) mass is 288 g/mol. The Morgan fingerprint density at radius 1 is 1.20 bits per heavy atom. The second-order valence-corrected chi connectivity index (χ2v) is 4.76. The molecule has 3 aromatic rings. The first-order chi connectivity index (χ1) is 9.76. The minimum Gasteiger partial charge on any atom is -0.438 e. The molecule has 20 heavy (non-hydrogen) atoms. The van der Waals surface area contributed by atoms with Crippen LogP contribution in [0.15, 0.2) is 30.5 Å². The third-order valence-electron chi connectivity index (χ3n) is 2.92. The lowest BCUT2D eigenvalue weighted by Gasteiger charge is -2.06. The van der Waals surface area contributed by atoms with Crippen LogP contribution in [0.2, 0.25) is 5.28 Å². The highest BCUT2D eigenvalue weighted by molar-refractivity contribution is 6.28. The van der Waals surface area contributed by atoms with E-state index in [1.165, 1.54) is 5.56 Å². The molecule has 1 aromatic carbocycles. The Morgan fingerprint density at radius 2 is 2.00 bits per heavy atom. The van der Waals surface area contributed by atoms with Crippen LogP contribution in [0.3, 0.4) is 0 Å². The first-order valence-electron chi connectivity index (χ1n) is 6.39. The van der Waals surface area contributed by atoms with Crippen LogP contribution in [-0.4, -0.2) is 20.2 Å². The molecule has 0 unspecified atom stereocenters. The molecule has 1 N–H and O–H groups in total. The van der Waals surface area contributed by atoms with E-state index in [-0.39, 0.29) is 5.28 Å². The first kappa shape index (κ1) is 12.9. The van der Waals surface area contributed by atoms with Gasteiger partial charge in [0.1, 0.15) is 11.1 Å². The van der Waals surface area contributed by atoms with E-state index in [1.807, 2.05) is 24.3 Å². The zero-order valence-electron chi connectivity index (χ0n) is 10.9. The molecule has 102 valence electrons. The molecule has 0 amide bonds. The fourth-order valence-corrected chi connectivity index (χ4v) is 2.15. The van der Waals surface area contributed by atoms with Crippen molar-refractivity contribution < 1.29 is 4.74 Å². The fourth-order valence-electron chi connectivity index (χ4n) is 1.98. The number of aromatic amines is 1. The number of nitrogens with zero attached hydrogens (tertiary/aromatic N) is 3. The standard InChI is InChI=1S/C14H13ClN4O/c1-2-3-9-4-6-10(7-5-9)20-13-11-8-16-19-12(11)17-14(15)18-13/h4-8H,2-3H2,1H3,(H,16,17,18,19). The summed E-state index contributed by atoms with van der Waals surface area (Å²) in [6.07, 6.45) is 3.80. The molecule has 0 saturated carbocycles. The minimum absolute atomic E-state index is 0.124. The largest absolute Gasteiger partial charge is 0.438 e. The van der Waals surface area contributed by atoms with Crippen molar-refractivity contribution in [3.05, 3.63) is 41.3 Å². The Kier molecular flexibility index (Phi) is 3.52. The fraction of sp³-hybridized carbons (Fsp3) is 0.214. The molecule has 0 atom stereocenters. The molecular weight excluding hydrogens is 276 g/mol. The molecule has 2 aromatic heterocycles. The van der Waals surface area contributed by atoms with Gasteiger partial charge >= 0.3 is 0 Å². The molecule has 0 radical (unpaired) electrons. The van der Waals surface area contributed by atoms with Crippen molar-refractivity contribution in [3.63, 3.8) is 0 Å². The Labute approximate surface area is 121 Å². The number of hydrogen-bond acceptors (Lipinski definition) is 4. The molecule has 0 fully saturated rings. The van der Waals surface area contributed by atoms with E-state index in [0.29, 0.717) is 22.7 Å². The predicted octanol–water partition coefficient (Wildman–Crippen LogP) is 3.75. The number of nitrogens with one attached hydrogen (secondary N) is 1. The average molecular weight is 289 g/mol. The van der Waals surface area contributed by atoms with Gasteiger partial charge in [0.05, 0.1) is 6.20 Å². The second-order valence-electron chi connectivity index (χ2n) is 4.43. The Bertz CT molecular complexity index is 724. The number of fused-ring (bicyclic) bond motifs is 1. The van der Waals surface area contributed by atoms with Crippen LogP contribution in [-0.2, 0) is 6.42 Å². The van der Waals surface area contributed by atoms with Gasteiger partial charge in [-0.15, -0.1) is 0 Å². The first-order valence-corrected chi connectivity index (χ1v) is 6.77. The Morgan fingerprint density at radius 3 is 2.75 bits per heavy atom. The molecule has 5 nitrogen and oxygen atoms in total. The van der Waals surface area contributed by atoms with E-state index in [9.17, 15) is 0 Å². The Balaban J connectivity index is 1.90. The van der Waals surface area contributed by atoms with Crippen LogP contribution >= 0.6 is 11.6 Å². The summed E-state index contributed by atoms with van der Waals surface area (Å²) >= 11 is 5.86. The summed E-state index contributed by atoms with van der Waals surface area (Å²) in [4.78, 5) is 8.13. The lowest BCUT2D eigenvalue weighted by atomic mass is 10.1. The summed E-state index contributed by atoms with van der Waals surface area (Å²) in [6.45, 7) is 2.16. The van der Waals surface area contributed by atoms with Crippen LogP contribution < -0.4 is 4.74 Å². The van der Waals surface area contributed by atoms with E-state index in [2.05, 4.69) is 27.1 Å². The van der Waals surface area contributed by atoms with Crippen LogP contribution in [0.1, 0.15) is 18.9 Å². The van der Waals surface area contributed by atoms with Crippen molar-refractivity contribution >= 4 is 22.6 Å². The predicted molar refractivity (Wildman–Crippen MR) is 77.2 cm³/mol. The summed E-state index contributed by atoms with van der Waals surface area (Å²) in [5.74, 6) is 1.11. The van der Waals surface area contributed by atoms with Gasteiger partial charge < -0.3 is 4.74 Å². The van der Waals surface area contributed by atoms with Gasteiger partial charge in [-0.05, 0) is 35.7 Å². The number of halogens is 1. The number of aryl methyl sites for hydroxylation is 1. The summed E-state index contributed by atoms with van der Waals surface area (Å²) in [5.41, 5.74) is 1.84. The van der Waals surface area contributed by atoms with E-state index in [0.717, 1.165) is 12.8 Å². The average Bonchev–Trinajstić information content (AvgIpc) is 2.89. The highest BCUT2D eigenvalue weighted by atomic mass is 35.5. The third-order valence-corrected chi connectivity index (χ3v) is 3.09. The number of rotatable bonds is 4. The van der Waals surface area contributed by atoms with E-state index >= 15 is 0 Å². The number of H-pyrrole nitrogens is 1. The zero-order valence-corrected chi connectivity index (χ0v) is 11.7. The number of benzene rings is 1. The number of aromatic nitrogens is 4. The zero-order chi connectivity index (χ0) is 13.9. The van der Waals surface area contributed by atoms with Crippen molar-refractivity contribution in [1.82, 2.24) is 20.2 Å². The van der Waals surface area contributed by atoms with Crippen molar-refractivity contribution in [2.75, 3.05) is 0 Å². The van der Waals surface area contributed by atoms with Gasteiger partial charge in [0.25, 0.3) is 0 Å². The Hall–Kier alpha value is -2.14. The summed E-state index contributed by atoms with van der Waals surface area (Å²) in [7, 11) is 0. The second kappa shape index (κ2) is 5.46. The van der Waals surface area contributed by atoms with Gasteiger partial charge in [0.15, 0.2) is 5.65 Å². The normalized spacial score (nSPS) is 10.9. The van der Waals surface area contributed by atoms with Crippen LogP contribution in [0.5, 0.6) is 11.6 Å². The van der Waals surface area contributed by atoms with Crippen molar-refractivity contribution in [2.45, 2.75) is 19.8 Å². The van der Waals surface area contributed by atoms with Gasteiger partial charge in [-0.3, -0.25) is 5.10 Å². The van der Waals surface area contributed by atoms with Crippen molar-refractivity contribution in [1.29, 1.82) is 0 Å². The summed E-state index contributed by atoms with van der Waals surface area (Å²) in [5, 5.41) is 7.49. The molecule has 0 bridgehead atoms. The topological polar surface area (TPSA) is 63.7 Å². The molecule has 2 heterocycles. The van der Waals surface area contributed by atoms with Gasteiger partial charge in [-0.1, -0.05) is 25.5 Å². The molecule has 0 aliphatic carbocycles. The molecule has 0 saturated heterocycles. The molecule has 0 aliphatic rings. The van der Waals surface area contributed by atoms with Crippen molar-refractivity contribution in [2.24, 2.45) is 0 Å². The summed E-state index contributed by atoms with van der Waals surface area (Å²) in [6, 6.07) is 7.95. The van der Waals surface area contributed by atoms with E-state index in [1.54, 1.807) is 6.20 Å². The number of hydrogen-bond donors (Lipinski definition) is 1. The maximum Gasteiger partial charge on any atom is 0.234 e. The molecular formula is C14H13ClN4O. The van der Waals surface area contributed by atoms with E-state index in [4.69, 9.17) is 16.3 Å². The third kappa shape index (κ3) is 2.58. The van der Waals surface area contributed by atoms with Crippen LogP contribution in [0, 0.1) is 0 Å². The van der Waals surface area contributed by atoms with Gasteiger partial charge in [0, 0.05) is 0 Å². The highest BCUT2D eigenvalue weighted by Crippen LogP contribution is 2.27. The highest BCUT2D eigenvalue weighted by Gasteiger charge is 2.10. The molecule has 0 aliphatic heterocycles. The van der Waals surface area contributed by atoms with Gasteiger partial charge in [-0.25, -0.2) is 0 Å². The molecule has 3 rings (SSSR count). The maximum absolute atomic E-state index is 5.86. The van der Waals surface area contributed by atoms with Crippen LogP contribution in [0.25, 0.3) is 11.0 Å². The minimum atomic E-state index is 0.124. The number of ether oxygens (including phenoxy) is 1. The van der Waals surface area contributed by atoms with E-state index < -0.39 is 0 Å². The van der Waals surface area contributed by atoms with Gasteiger partial charge in [0.2, 0.25) is 11.2 Å². The molecule has 0 spiro atoms. The lowest BCUT2D eigenvalue weighted by molar-refractivity contribution is 0.468. The SMILES string of the molecule is CCCc1ccc(Oc2nc(Cl)nc3[nH]ncc23)cc1. The van der Waals surface area contributed by atoms with Crippen molar-refractivity contribution in [3.8, 4) is 11.6 Å². The quantitative estimate of drug-likeness (QED) is 0.743. The lowest BCUT2D eigenvalue weighted by Crippen LogP contribution is -1.92. The maximum atomic E-state index is 5.86.